The van der Waals surface area contributed by atoms with Gasteiger partial charge in [-0.1, -0.05) is 18.2 Å². The third-order valence-electron chi connectivity index (χ3n) is 1.03. The van der Waals surface area contributed by atoms with Gasteiger partial charge in [-0.25, -0.2) is 8.42 Å². The van der Waals surface area contributed by atoms with Crippen molar-refractivity contribution < 1.29 is 27.3 Å². The normalized spacial score (nSPS) is 10.3. The molecule has 0 amide bonds. The maximum absolute atomic E-state index is 10.6. The summed E-state index contributed by atoms with van der Waals surface area (Å²) >= 11 is 4.22. The first-order chi connectivity index (χ1) is 4.61. The molecule has 0 aromatic heterocycles. The van der Waals surface area contributed by atoms with E-state index in [1.54, 1.807) is 18.2 Å². The van der Waals surface area contributed by atoms with Gasteiger partial charge in [-0.3, -0.25) is 0 Å². The molecule has 0 saturated carbocycles. The summed E-state index contributed by atoms with van der Waals surface area (Å²) in [4.78, 5) is 0.185. The van der Waals surface area contributed by atoms with Crippen LogP contribution in [0.4, 0.5) is 0 Å². The summed E-state index contributed by atoms with van der Waals surface area (Å²) in [5, 5.41) is 0. The van der Waals surface area contributed by atoms with Crippen molar-refractivity contribution in [3.8, 4) is 0 Å². The van der Waals surface area contributed by atoms with E-state index in [0.717, 1.165) is 0 Å². The zero-order chi connectivity index (χ0) is 7.61. The number of hydrogen-bond acceptors (Lipinski definition) is 3. The molecule has 0 spiro atoms. The summed E-state index contributed by atoms with van der Waals surface area (Å²) in [6.45, 7) is 0. The van der Waals surface area contributed by atoms with Crippen molar-refractivity contribution in [3.63, 3.8) is 0 Å². The summed E-state index contributed by atoms with van der Waals surface area (Å²) < 4.78 is 21.3. The molecule has 0 aliphatic rings. The Morgan fingerprint density at radius 2 is 1.55 bits per heavy atom. The fraction of sp³-hybridized carbons (Fsp3) is 0. The van der Waals surface area contributed by atoms with E-state index >= 15 is 0 Å². The van der Waals surface area contributed by atoms with Crippen LogP contribution in [-0.2, 0) is 20.5 Å². The third kappa shape index (κ3) is 3.34. The van der Waals surface area contributed by atoms with E-state index in [9.17, 15) is 8.42 Å². The Balaban J connectivity index is 0.000001000. The van der Waals surface area contributed by atoms with E-state index in [4.69, 9.17) is 0 Å². The van der Waals surface area contributed by atoms with Gasteiger partial charge in [0, 0.05) is 4.90 Å². The SMILES string of the molecule is O=S(=O)([S-])c1ccccc1.[Li+]. The van der Waals surface area contributed by atoms with Crippen molar-refractivity contribution in [2.75, 3.05) is 0 Å². The van der Waals surface area contributed by atoms with Crippen LogP contribution >= 0.6 is 0 Å². The van der Waals surface area contributed by atoms with Gasteiger partial charge in [0.15, 0.2) is 0 Å². The van der Waals surface area contributed by atoms with E-state index in [-0.39, 0.29) is 23.8 Å². The van der Waals surface area contributed by atoms with Gasteiger partial charge in [0.05, 0.1) is 8.87 Å². The predicted molar refractivity (Wildman–Crippen MR) is 41.0 cm³/mol. The van der Waals surface area contributed by atoms with E-state index in [1.165, 1.54) is 12.1 Å². The van der Waals surface area contributed by atoms with E-state index in [1.807, 2.05) is 0 Å². The van der Waals surface area contributed by atoms with Crippen LogP contribution in [0.3, 0.4) is 0 Å². The third-order valence-corrected chi connectivity index (χ3v) is 2.46. The number of benzene rings is 1. The first-order valence-corrected chi connectivity index (χ1v) is 5.02. The monoisotopic (exact) mass is 180 g/mol. The van der Waals surface area contributed by atoms with Gasteiger partial charge in [0.1, 0.15) is 0 Å². The van der Waals surface area contributed by atoms with Crippen molar-refractivity contribution in [2.45, 2.75) is 4.90 Å². The topological polar surface area (TPSA) is 34.1 Å². The van der Waals surface area contributed by atoms with Crippen molar-refractivity contribution in [2.24, 2.45) is 0 Å². The maximum Gasteiger partial charge on any atom is 1.00 e. The van der Waals surface area contributed by atoms with Crippen molar-refractivity contribution in [3.05, 3.63) is 30.3 Å². The second kappa shape index (κ2) is 4.22. The minimum atomic E-state index is -3.42. The first kappa shape index (κ1) is 11.1. The molecule has 1 rings (SSSR count). The minimum Gasteiger partial charge on any atom is -0.644 e. The predicted octanol–water partition coefficient (Wildman–Crippen LogP) is -2.07. The Morgan fingerprint density at radius 1 is 1.09 bits per heavy atom. The quantitative estimate of drug-likeness (QED) is 0.283. The summed E-state index contributed by atoms with van der Waals surface area (Å²) in [5.74, 6) is 0. The Morgan fingerprint density at radius 3 is 1.82 bits per heavy atom. The van der Waals surface area contributed by atoms with Crippen molar-refractivity contribution in [1.29, 1.82) is 0 Å². The number of rotatable bonds is 1. The fourth-order valence-electron chi connectivity index (χ4n) is 0.587. The number of hydrogen-bond donors (Lipinski definition) is 0. The molecular weight excluding hydrogens is 175 g/mol. The Kier molecular flexibility index (Phi) is 4.26. The standard InChI is InChI=1S/C6H6O2S2.Li/c7-10(8,9)6-4-2-1-3-5-6;/h1-5H,(H,7,8,9);/q;+1/p-1. The summed E-state index contributed by atoms with van der Waals surface area (Å²) in [6, 6.07) is 7.97. The van der Waals surface area contributed by atoms with Crippen LogP contribution in [-0.4, -0.2) is 8.42 Å². The smallest absolute Gasteiger partial charge is 0.644 e. The van der Waals surface area contributed by atoms with Gasteiger partial charge in [-0.05, 0) is 12.1 Å². The molecule has 2 nitrogen and oxygen atoms in total. The Hall–Kier alpha value is 0.117. The van der Waals surface area contributed by atoms with Crippen LogP contribution in [0.25, 0.3) is 0 Å². The molecule has 0 aliphatic heterocycles. The van der Waals surface area contributed by atoms with Crippen LogP contribution in [0.15, 0.2) is 35.2 Å². The molecule has 0 saturated heterocycles. The molecular formula is C6H5LiO2S2. The van der Waals surface area contributed by atoms with Gasteiger partial charge >= 0.3 is 18.9 Å². The van der Waals surface area contributed by atoms with Gasteiger partial charge in [0.25, 0.3) is 0 Å². The molecule has 0 heterocycles. The molecule has 0 unspecified atom stereocenters. The summed E-state index contributed by atoms with van der Waals surface area (Å²) in [6.07, 6.45) is 0. The van der Waals surface area contributed by atoms with Crippen LogP contribution in [0.2, 0.25) is 0 Å². The average molecular weight is 180 g/mol. The Bertz CT molecular complexity index is 307. The molecule has 0 fully saturated rings. The molecule has 0 bridgehead atoms. The molecule has 0 aliphatic carbocycles. The molecule has 1 aromatic rings. The molecule has 0 radical (unpaired) electrons. The molecule has 0 N–H and O–H groups in total. The van der Waals surface area contributed by atoms with Gasteiger partial charge in [-0.2, -0.15) is 0 Å². The second-order valence-electron chi connectivity index (χ2n) is 1.77. The largest absolute Gasteiger partial charge is 1.00 e. The van der Waals surface area contributed by atoms with Crippen LogP contribution in [0, 0.1) is 0 Å². The summed E-state index contributed by atoms with van der Waals surface area (Å²) in [7, 11) is -3.42. The van der Waals surface area contributed by atoms with E-state index < -0.39 is 8.87 Å². The fourth-order valence-corrected chi connectivity index (χ4v) is 1.41. The summed E-state index contributed by atoms with van der Waals surface area (Å²) in [5.41, 5.74) is 0. The van der Waals surface area contributed by atoms with Gasteiger partial charge < -0.3 is 11.7 Å². The zero-order valence-corrected chi connectivity index (χ0v) is 7.65. The second-order valence-corrected chi connectivity index (χ2v) is 4.46. The molecule has 5 heteroatoms. The minimum absolute atomic E-state index is 0. The van der Waals surface area contributed by atoms with Gasteiger partial charge in [0.2, 0.25) is 0 Å². The zero-order valence-electron chi connectivity index (χ0n) is 6.02. The Labute approximate surface area is 82.9 Å². The van der Waals surface area contributed by atoms with Crippen LogP contribution in [0.5, 0.6) is 0 Å². The molecule has 11 heavy (non-hydrogen) atoms. The van der Waals surface area contributed by atoms with Crippen molar-refractivity contribution in [1.82, 2.24) is 0 Å². The van der Waals surface area contributed by atoms with E-state index in [2.05, 4.69) is 11.7 Å². The van der Waals surface area contributed by atoms with Crippen molar-refractivity contribution >= 4 is 20.5 Å². The maximum atomic E-state index is 10.6. The molecule has 1 aromatic carbocycles. The van der Waals surface area contributed by atoms with Crippen LogP contribution < -0.4 is 18.9 Å². The average Bonchev–Trinajstić information content (AvgIpc) is 1.88. The van der Waals surface area contributed by atoms with Crippen LogP contribution in [0.1, 0.15) is 0 Å². The molecule has 0 atom stereocenters. The molecule has 54 valence electrons. The first-order valence-electron chi connectivity index (χ1n) is 2.61. The van der Waals surface area contributed by atoms with Gasteiger partial charge in [-0.15, -0.1) is 0 Å². The van der Waals surface area contributed by atoms with E-state index in [0.29, 0.717) is 0 Å².